The minimum atomic E-state index is -0.234. The summed E-state index contributed by atoms with van der Waals surface area (Å²) in [5, 5.41) is 6.60. The van der Waals surface area contributed by atoms with E-state index in [1.165, 1.54) is 5.56 Å². The lowest BCUT2D eigenvalue weighted by Crippen LogP contribution is -2.40. The number of methoxy groups -OCH3 is 1. The van der Waals surface area contributed by atoms with E-state index in [1.54, 1.807) is 7.11 Å². The molecular formula is C16H28IN3O. The van der Waals surface area contributed by atoms with Crippen molar-refractivity contribution in [2.24, 2.45) is 4.99 Å². The molecule has 0 saturated heterocycles. The van der Waals surface area contributed by atoms with E-state index in [0.717, 1.165) is 25.5 Å². The van der Waals surface area contributed by atoms with Crippen LogP contribution in [0.4, 0.5) is 0 Å². The Morgan fingerprint density at radius 3 is 2.43 bits per heavy atom. The molecule has 0 atom stereocenters. The summed E-state index contributed by atoms with van der Waals surface area (Å²) in [5.74, 6) is 0.841. The van der Waals surface area contributed by atoms with E-state index >= 15 is 0 Å². The zero-order chi connectivity index (χ0) is 14.8. The summed E-state index contributed by atoms with van der Waals surface area (Å²) in [6, 6.07) is 10.4. The fourth-order valence-corrected chi connectivity index (χ4v) is 1.65. The van der Waals surface area contributed by atoms with Crippen molar-refractivity contribution in [2.45, 2.75) is 32.8 Å². The third-order valence-electron chi connectivity index (χ3n) is 3.06. The highest BCUT2D eigenvalue weighted by atomic mass is 127. The van der Waals surface area contributed by atoms with Crippen molar-refractivity contribution >= 4 is 29.9 Å². The largest absolute Gasteiger partial charge is 0.377 e. The van der Waals surface area contributed by atoms with Gasteiger partial charge in [0.05, 0.1) is 12.1 Å². The first-order valence-electron chi connectivity index (χ1n) is 7.18. The van der Waals surface area contributed by atoms with Gasteiger partial charge >= 0.3 is 0 Å². The van der Waals surface area contributed by atoms with Gasteiger partial charge in [-0.3, -0.25) is 4.99 Å². The second-order valence-electron chi connectivity index (χ2n) is 5.32. The van der Waals surface area contributed by atoms with Gasteiger partial charge in [0, 0.05) is 20.2 Å². The molecule has 0 aromatic heterocycles. The maximum Gasteiger partial charge on any atom is 0.191 e. The fourth-order valence-electron chi connectivity index (χ4n) is 1.65. The number of halogens is 1. The second-order valence-corrected chi connectivity index (χ2v) is 5.32. The van der Waals surface area contributed by atoms with Crippen molar-refractivity contribution in [2.75, 3.05) is 26.7 Å². The standard InChI is InChI=1S/C16H27N3O.HI/c1-5-17-15(19-13-16(2,3)20-4)18-12-11-14-9-7-6-8-10-14;/h6-10H,5,11-13H2,1-4H3,(H2,17,18,19);1H. The van der Waals surface area contributed by atoms with Crippen molar-refractivity contribution in [3.63, 3.8) is 0 Å². The van der Waals surface area contributed by atoms with Gasteiger partial charge in [0.1, 0.15) is 0 Å². The van der Waals surface area contributed by atoms with Gasteiger partial charge in [-0.1, -0.05) is 30.3 Å². The summed E-state index contributed by atoms with van der Waals surface area (Å²) in [6.07, 6.45) is 0.985. The molecule has 1 rings (SSSR count). The van der Waals surface area contributed by atoms with Crippen LogP contribution >= 0.6 is 24.0 Å². The quantitative estimate of drug-likeness (QED) is 0.417. The predicted molar refractivity (Wildman–Crippen MR) is 101 cm³/mol. The van der Waals surface area contributed by atoms with Gasteiger partial charge in [-0.25, -0.2) is 0 Å². The molecule has 21 heavy (non-hydrogen) atoms. The Labute approximate surface area is 145 Å². The van der Waals surface area contributed by atoms with Crippen LogP contribution in [0.1, 0.15) is 26.3 Å². The average Bonchev–Trinajstić information content (AvgIpc) is 2.46. The Bertz CT molecular complexity index is 407. The smallest absolute Gasteiger partial charge is 0.191 e. The average molecular weight is 405 g/mol. The lowest BCUT2D eigenvalue weighted by Gasteiger charge is -2.21. The zero-order valence-corrected chi connectivity index (χ0v) is 15.8. The van der Waals surface area contributed by atoms with Crippen LogP contribution < -0.4 is 10.6 Å². The summed E-state index contributed by atoms with van der Waals surface area (Å²) in [4.78, 5) is 4.56. The molecule has 0 amide bonds. The summed E-state index contributed by atoms with van der Waals surface area (Å²) in [6.45, 7) is 8.47. The number of rotatable bonds is 7. The maximum atomic E-state index is 5.38. The number of nitrogens with one attached hydrogen (secondary N) is 2. The summed E-state index contributed by atoms with van der Waals surface area (Å²) in [7, 11) is 1.71. The highest BCUT2D eigenvalue weighted by Gasteiger charge is 2.15. The molecule has 0 aliphatic carbocycles. The number of nitrogens with zero attached hydrogens (tertiary/aromatic N) is 1. The first-order chi connectivity index (χ1) is 9.57. The Kier molecular flexibility index (Phi) is 10.4. The first-order valence-corrected chi connectivity index (χ1v) is 7.18. The van der Waals surface area contributed by atoms with Crippen LogP contribution in [0.2, 0.25) is 0 Å². The SMILES string of the molecule is CCNC(=NCC(C)(C)OC)NCCc1ccccc1.I. The van der Waals surface area contributed by atoms with Crippen molar-refractivity contribution in [1.82, 2.24) is 10.6 Å². The van der Waals surface area contributed by atoms with Crippen molar-refractivity contribution in [3.8, 4) is 0 Å². The summed E-state index contributed by atoms with van der Waals surface area (Å²) < 4.78 is 5.38. The van der Waals surface area contributed by atoms with E-state index < -0.39 is 0 Å². The Balaban J connectivity index is 0.00000400. The molecule has 0 spiro atoms. The van der Waals surface area contributed by atoms with Crippen LogP contribution in [-0.4, -0.2) is 38.3 Å². The number of ether oxygens (including phenoxy) is 1. The molecular weight excluding hydrogens is 377 g/mol. The van der Waals surface area contributed by atoms with E-state index in [4.69, 9.17) is 4.74 Å². The molecule has 0 aliphatic rings. The minimum Gasteiger partial charge on any atom is -0.377 e. The molecule has 0 bridgehead atoms. The molecule has 0 fully saturated rings. The highest BCUT2D eigenvalue weighted by Crippen LogP contribution is 2.06. The van der Waals surface area contributed by atoms with Gasteiger partial charge in [-0.2, -0.15) is 0 Å². The molecule has 0 heterocycles. The third-order valence-corrected chi connectivity index (χ3v) is 3.06. The van der Waals surface area contributed by atoms with Crippen molar-refractivity contribution in [3.05, 3.63) is 35.9 Å². The van der Waals surface area contributed by atoms with Gasteiger partial charge < -0.3 is 15.4 Å². The molecule has 5 heteroatoms. The van der Waals surface area contributed by atoms with Crippen LogP contribution in [-0.2, 0) is 11.2 Å². The molecule has 1 aromatic carbocycles. The van der Waals surface area contributed by atoms with E-state index in [2.05, 4.69) is 46.8 Å². The zero-order valence-electron chi connectivity index (χ0n) is 13.5. The van der Waals surface area contributed by atoms with Crippen molar-refractivity contribution < 1.29 is 4.74 Å². The van der Waals surface area contributed by atoms with Crippen molar-refractivity contribution in [1.29, 1.82) is 0 Å². The highest BCUT2D eigenvalue weighted by molar-refractivity contribution is 14.0. The maximum absolute atomic E-state index is 5.38. The van der Waals surface area contributed by atoms with E-state index in [9.17, 15) is 0 Å². The summed E-state index contributed by atoms with van der Waals surface area (Å²) in [5.41, 5.74) is 1.09. The molecule has 0 saturated carbocycles. The Morgan fingerprint density at radius 2 is 1.86 bits per heavy atom. The van der Waals surface area contributed by atoms with Crippen LogP contribution in [0.25, 0.3) is 0 Å². The van der Waals surface area contributed by atoms with Crippen LogP contribution in [0.5, 0.6) is 0 Å². The van der Waals surface area contributed by atoms with E-state index in [-0.39, 0.29) is 29.6 Å². The lowest BCUT2D eigenvalue weighted by atomic mass is 10.1. The molecule has 0 radical (unpaired) electrons. The molecule has 2 N–H and O–H groups in total. The number of guanidine groups is 1. The van der Waals surface area contributed by atoms with Gasteiger partial charge in [-0.15, -0.1) is 24.0 Å². The molecule has 0 unspecified atom stereocenters. The number of hydrogen-bond acceptors (Lipinski definition) is 2. The van der Waals surface area contributed by atoms with E-state index in [1.807, 2.05) is 19.9 Å². The van der Waals surface area contributed by atoms with E-state index in [0.29, 0.717) is 6.54 Å². The minimum absolute atomic E-state index is 0. The number of aliphatic imine (C=N–C) groups is 1. The lowest BCUT2D eigenvalue weighted by molar-refractivity contribution is 0.0310. The summed E-state index contributed by atoms with van der Waals surface area (Å²) >= 11 is 0. The fraction of sp³-hybridized carbons (Fsp3) is 0.562. The molecule has 1 aromatic rings. The molecule has 0 aliphatic heterocycles. The number of hydrogen-bond donors (Lipinski definition) is 2. The van der Waals surface area contributed by atoms with Gasteiger partial charge in [0.2, 0.25) is 0 Å². The van der Waals surface area contributed by atoms with Crippen LogP contribution in [0.3, 0.4) is 0 Å². The first kappa shape index (κ1) is 20.2. The number of benzene rings is 1. The normalized spacial score (nSPS) is 11.7. The van der Waals surface area contributed by atoms with Crippen LogP contribution in [0, 0.1) is 0 Å². The molecule has 120 valence electrons. The monoisotopic (exact) mass is 405 g/mol. The molecule has 4 nitrogen and oxygen atoms in total. The Hall–Kier alpha value is -0.820. The Morgan fingerprint density at radius 1 is 1.19 bits per heavy atom. The van der Waals surface area contributed by atoms with Gasteiger partial charge in [0.15, 0.2) is 5.96 Å². The van der Waals surface area contributed by atoms with Gasteiger partial charge in [0.25, 0.3) is 0 Å². The van der Waals surface area contributed by atoms with Gasteiger partial charge in [-0.05, 0) is 32.8 Å². The van der Waals surface area contributed by atoms with Crippen LogP contribution in [0.15, 0.2) is 35.3 Å². The second kappa shape index (κ2) is 10.8. The topological polar surface area (TPSA) is 45.7 Å². The predicted octanol–water partition coefficient (Wildman–Crippen LogP) is 2.83. The third kappa shape index (κ3) is 8.93.